The van der Waals surface area contributed by atoms with Crippen LogP contribution in [0.25, 0.3) is 0 Å². The average Bonchev–Trinajstić information content (AvgIpc) is 2.45. The van der Waals surface area contributed by atoms with Crippen molar-refractivity contribution in [2.45, 2.75) is 104 Å². The summed E-state index contributed by atoms with van der Waals surface area (Å²) in [6.07, 6.45) is 11.9. The summed E-state index contributed by atoms with van der Waals surface area (Å²) in [5.74, 6) is 0. The Hall–Kier alpha value is 0.0700. The van der Waals surface area contributed by atoms with Gasteiger partial charge in [-0.15, -0.1) is 0 Å². The maximum Gasteiger partial charge on any atom is 0.472 e. The van der Waals surface area contributed by atoms with Crippen molar-refractivity contribution in [3.63, 3.8) is 0 Å². The fourth-order valence-electron chi connectivity index (χ4n) is 2.51. The molecule has 0 rings (SSSR count). The molecular formula is C18H40NO4P. The first-order valence-corrected chi connectivity index (χ1v) is 11.2. The van der Waals surface area contributed by atoms with Crippen LogP contribution in [0.3, 0.4) is 0 Å². The van der Waals surface area contributed by atoms with Gasteiger partial charge in [-0.1, -0.05) is 65.2 Å². The number of hydrogen-bond acceptors (Lipinski definition) is 4. The molecule has 1 atom stereocenters. The summed E-state index contributed by atoms with van der Waals surface area (Å²) in [6.45, 7) is 9.25. The van der Waals surface area contributed by atoms with Gasteiger partial charge in [-0.3, -0.25) is 9.05 Å². The van der Waals surface area contributed by atoms with E-state index in [0.29, 0.717) is 12.6 Å². The number of unbranched alkanes of at least 4 members (excludes halogenated alkanes) is 9. The van der Waals surface area contributed by atoms with E-state index in [2.05, 4.69) is 19.2 Å². The number of nitrogens with one attached hydrogen (secondary N) is 1. The molecule has 0 saturated heterocycles. The maximum atomic E-state index is 11.5. The Balaban J connectivity index is 3.22. The van der Waals surface area contributed by atoms with Crippen LogP contribution in [0.4, 0.5) is 0 Å². The molecule has 146 valence electrons. The van der Waals surface area contributed by atoms with Gasteiger partial charge in [0.15, 0.2) is 0 Å². The molecular weight excluding hydrogens is 325 g/mol. The van der Waals surface area contributed by atoms with Gasteiger partial charge in [0.05, 0.1) is 12.7 Å². The molecule has 1 unspecified atom stereocenters. The molecule has 5 nitrogen and oxygen atoms in total. The quantitative estimate of drug-likeness (QED) is 0.266. The van der Waals surface area contributed by atoms with Crippen LogP contribution in [0.5, 0.6) is 0 Å². The second-order valence-electron chi connectivity index (χ2n) is 7.10. The van der Waals surface area contributed by atoms with E-state index in [1.165, 1.54) is 51.4 Å². The molecule has 0 aliphatic rings. The lowest BCUT2D eigenvalue weighted by Crippen LogP contribution is -2.23. The molecule has 0 aliphatic carbocycles. The molecule has 0 spiro atoms. The van der Waals surface area contributed by atoms with E-state index in [0.717, 1.165) is 19.4 Å². The maximum absolute atomic E-state index is 11.5. The van der Waals surface area contributed by atoms with Crippen molar-refractivity contribution in [3.05, 3.63) is 0 Å². The molecule has 2 N–H and O–H groups in total. The van der Waals surface area contributed by atoms with Crippen LogP contribution >= 0.6 is 7.82 Å². The minimum absolute atomic E-state index is 0.297. The topological polar surface area (TPSA) is 67.8 Å². The van der Waals surface area contributed by atoms with E-state index in [-0.39, 0.29) is 6.10 Å². The van der Waals surface area contributed by atoms with Gasteiger partial charge in [-0.25, -0.2) is 4.57 Å². The van der Waals surface area contributed by atoms with Crippen molar-refractivity contribution in [2.24, 2.45) is 0 Å². The lowest BCUT2D eigenvalue weighted by molar-refractivity contribution is 0.119. The summed E-state index contributed by atoms with van der Waals surface area (Å²) >= 11 is 0. The van der Waals surface area contributed by atoms with Crippen LogP contribution in [-0.2, 0) is 13.6 Å². The molecule has 0 saturated carbocycles. The van der Waals surface area contributed by atoms with Crippen LogP contribution in [0.15, 0.2) is 0 Å². The number of rotatable bonds is 17. The smallest absolute Gasteiger partial charge is 0.315 e. The van der Waals surface area contributed by atoms with Crippen molar-refractivity contribution < 1.29 is 18.5 Å². The van der Waals surface area contributed by atoms with Gasteiger partial charge >= 0.3 is 7.82 Å². The van der Waals surface area contributed by atoms with Crippen molar-refractivity contribution in [3.8, 4) is 0 Å². The molecule has 0 aromatic heterocycles. The minimum atomic E-state index is -3.84. The van der Waals surface area contributed by atoms with Crippen molar-refractivity contribution in [2.75, 3.05) is 13.2 Å². The zero-order chi connectivity index (χ0) is 18.3. The fraction of sp³-hybridized carbons (Fsp3) is 1.00. The molecule has 0 radical (unpaired) electrons. The van der Waals surface area contributed by atoms with E-state index < -0.39 is 7.82 Å². The molecule has 0 amide bonds. The fourth-order valence-corrected chi connectivity index (χ4v) is 3.46. The first kappa shape index (κ1) is 24.1. The molecule has 0 fully saturated rings. The van der Waals surface area contributed by atoms with Gasteiger partial charge in [0, 0.05) is 6.04 Å². The number of phosphoric ester groups is 1. The Morgan fingerprint density at radius 2 is 1.29 bits per heavy atom. The summed E-state index contributed by atoms with van der Waals surface area (Å²) < 4.78 is 21.2. The van der Waals surface area contributed by atoms with Crippen LogP contribution < -0.4 is 5.32 Å². The van der Waals surface area contributed by atoms with Crippen LogP contribution in [0.1, 0.15) is 91.9 Å². The molecule has 0 heterocycles. The van der Waals surface area contributed by atoms with E-state index in [1.807, 2.05) is 0 Å². The van der Waals surface area contributed by atoms with E-state index in [1.54, 1.807) is 13.8 Å². The van der Waals surface area contributed by atoms with Gasteiger partial charge < -0.3 is 10.2 Å². The highest BCUT2D eigenvalue weighted by molar-refractivity contribution is 7.47. The van der Waals surface area contributed by atoms with Gasteiger partial charge in [-0.2, -0.15) is 0 Å². The first-order valence-electron chi connectivity index (χ1n) is 9.72. The number of hydrogen-bond donors (Lipinski definition) is 2. The zero-order valence-electron chi connectivity index (χ0n) is 16.3. The lowest BCUT2D eigenvalue weighted by atomic mass is 10.1. The zero-order valence-corrected chi connectivity index (χ0v) is 17.2. The molecule has 24 heavy (non-hydrogen) atoms. The Kier molecular flexibility index (Phi) is 15.4. The normalized spacial score (nSPS) is 14.5. The van der Waals surface area contributed by atoms with Crippen molar-refractivity contribution in [1.82, 2.24) is 5.32 Å². The number of phosphoric acid groups is 1. The Bertz CT molecular complexity index is 324. The lowest BCUT2D eigenvalue weighted by Gasteiger charge is -2.14. The summed E-state index contributed by atoms with van der Waals surface area (Å²) in [5.41, 5.74) is 0. The van der Waals surface area contributed by atoms with Crippen molar-refractivity contribution >= 4 is 7.82 Å². The van der Waals surface area contributed by atoms with E-state index >= 15 is 0 Å². The summed E-state index contributed by atoms with van der Waals surface area (Å²) in [5, 5.41) is 3.45. The minimum Gasteiger partial charge on any atom is -0.315 e. The third kappa shape index (κ3) is 18.4. The SMILES string of the molecule is CC(C)NCCCCCCCCCCCCOP(=O)(O)OC(C)C. The summed E-state index contributed by atoms with van der Waals surface area (Å²) in [7, 11) is -3.84. The van der Waals surface area contributed by atoms with Gasteiger partial charge in [0.25, 0.3) is 0 Å². The molecule has 0 aromatic carbocycles. The van der Waals surface area contributed by atoms with E-state index in [9.17, 15) is 9.46 Å². The predicted molar refractivity (Wildman–Crippen MR) is 101 cm³/mol. The largest absolute Gasteiger partial charge is 0.472 e. The third-order valence-corrected chi connectivity index (χ3v) is 4.92. The van der Waals surface area contributed by atoms with Crippen LogP contribution in [-0.4, -0.2) is 30.2 Å². The van der Waals surface area contributed by atoms with Gasteiger partial charge in [-0.05, 0) is 33.2 Å². The highest BCUT2D eigenvalue weighted by atomic mass is 31.2. The second kappa shape index (κ2) is 15.3. The Morgan fingerprint density at radius 1 is 0.833 bits per heavy atom. The van der Waals surface area contributed by atoms with Crippen molar-refractivity contribution in [1.29, 1.82) is 0 Å². The predicted octanol–water partition coefficient (Wildman–Crippen LogP) is 5.43. The van der Waals surface area contributed by atoms with E-state index in [4.69, 9.17) is 9.05 Å². The summed E-state index contributed by atoms with van der Waals surface area (Å²) in [6, 6.07) is 0.599. The van der Waals surface area contributed by atoms with Gasteiger partial charge in [0.2, 0.25) is 0 Å². The first-order chi connectivity index (χ1) is 11.3. The van der Waals surface area contributed by atoms with Crippen LogP contribution in [0, 0.1) is 0 Å². The molecule has 0 aromatic rings. The highest BCUT2D eigenvalue weighted by Crippen LogP contribution is 2.44. The Labute approximate surface area is 149 Å². The Morgan fingerprint density at radius 3 is 1.75 bits per heavy atom. The molecule has 0 bridgehead atoms. The van der Waals surface area contributed by atoms with Gasteiger partial charge in [0.1, 0.15) is 0 Å². The standard InChI is InChI=1S/C18H40NO4P/c1-17(2)19-15-13-11-9-7-5-6-8-10-12-14-16-22-24(20,21)23-18(3)4/h17-19H,5-16H2,1-4H3,(H,20,21). The van der Waals surface area contributed by atoms with Crippen LogP contribution in [0.2, 0.25) is 0 Å². The molecule has 0 aliphatic heterocycles. The highest BCUT2D eigenvalue weighted by Gasteiger charge is 2.21. The second-order valence-corrected chi connectivity index (χ2v) is 8.51. The average molecular weight is 365 g/mol. The molecule has 6 heteroatoms. The third-order valence-electron chi connectivity index (χ3n) is 3.72. The summed E-state index contributed by atoms with van der Waals surface area (Å²) in [4.78, 5) is 9.40. The monoisotopic (exact) mass is 365 g/mol.